The van der Waals surface area contributed by atoms with E-state index in [4.69, 9.17) is 4.42 Å². The average Bonchev–Trinajstić information content (AvgIpc) is 2.80. The summed E-state index contributed by atoms with van der Waals surface area (Å²) in [5, 5.41) is 4.40. The van der Waals surface area contributed by atoms with E-state index in [1.54, 1.807) is 0 Å². The maximum absolute atomic E-state index is 5.66. The molecule has 0 saturated carbocycles. The van der Waals surface area contributed by atoms with Crippen molar-refractivity contribution < 1.29 is 4.42 Å². The van der Waals surface area contributed by atoms with Gasteiger partial charge in [0.25, 0.3) is 5.22 Å². The number of fused-ring (bicyclic) bond motifs is 1. The lowest BCUT2D eigenvalue weighted by molar-refractivity contribution is 0.489. The summed E-state index contributed by atoms with van der Waals surface area (Å²) in [6.07, 6.45) is 0. The molecule has 0 radical (unpaired) electrons. The first kappa shape index (κ1) is 12.0. The lowest BCUT2D eigenvalue weighted by Gasteiger charge is -2.02. The molecule has 3 rings (SSSR count). The summed E-state index contributed by atoms with van der Waals surface area (Å²) >= 11 is 1.39. The van der Waals surface area contributed by atoms with Crippen LogP contribution in [0.5, 0.6) is 0 Å². The first-order valence-electron chi connectivity index (χ1n) is 5.81. The molecule has 0 fully saturated rings. The predicted octanol–water partition coefficient (Wildman–Crippen LogP) is 3.12. The van der Waals surface area contributed by atoms with Crippen LogP contribution >= 0.6 is 11.8 Å². The number of hydrogen-bond donors (Lipinski definition) is 1. The highest BCUT2D eigenvalue weighted by molar-refractivity contribution is 7.99. The minimum Gasteiger partial charge on any atom is -0.431 e. The zero-order valence-electron chi connectivity index (χ0n) is 10.5. The number of hydrogen-bond acceptors (Lipinski definition) is 6. The maximum Gasteiger partial charge on any atom is 0.263 e. The second kappa shape index (κ2) is 4.89. The summed E-state index contributed by atoms with van der Waals surface area (Å²) in [6, 6.07) is 9.56. The molecular weight excluding hydrogens is 260 g/mol. The number of aromatic nitrogens is 3. The van der Waals surface area contributed by atoms with Gasteiger partial charge in [-0.05, 0) is 30.8 Å². The highest BCUT2D eigenvalue weighted by atomic mass is 32.2. The predicted molar refractivity (Wildman–Crippen MR) is 74.4 cm³/mol. The van der Waals surface area contributed by atoms with Crippen molar-refractivity contribution in [2.24, 2.45) is 0 Å². The van der Waals surface area contributed by atoms with Crippen molar-refractivity contribution in [2.45, 2.75) is 17.2 Å². The molecule has 3 aromatic rings. The van der Waals surface area contributed by atoms with E-state index in [0.29, 0.717) is 11.0 Å². The Balaban J connectivity index is 1.94. The summed E-state index contributed by atoms with van der Waals surface area (Å²) in [6.45, 7) is 1.86. The van der Waals surface area contributed by atoms with Gasteiger partial charge in [0.2, 0.25) is 0 Å². The fourth-order valence-corrected chi connectivity index (χ4v) is 2.51. The van der Waals surface area contributed by atoms with Crippen molar-refractivity contribution in [3.05, 3.63) is 36.2 Å². The molecule has 0 saturated heterocycles. The van der Waals surface area contributed by atoms with Gasteiger partial charge in [-0.25, -0.2) is 15.0 Å². The van der Waals surface area contributed by atoms with E-state index in [1.807, 2.05) is 44.3 Å². The van der Waals surface area contributed by atoms with Crippen molar-refractivity contribution in [3.63, 3.8) is 0 Å². The Labute approximate surface area is 114 Å². The number of para-hydroxylation sites is 2. The Morgan fingerprint density at radius 3 is 2.79 bits per heavy atom. The lowest BCUT2D eigenvalue weighted by Crippen LogP contribution is -1.97. The van der Waals surface area contributed by atoms with E-state index in [0.717, 1.165) is 21.9 Å². The Bertz CT molecular complexity index is 692. The van der Waals surface area contributed by atoms with Crippen molar-refractivity contribution in [2.75, 3.05) is 12.4 Å². The SMILES string of the molecule is CNc1cc(Sc2nc3ccccc3o2)nc(C)n1. The van der Waals surface area contributed by atoms with Crippen molar-refractivity contribution in [1.82, 2.24) is 15.0 Å². The molecule has 19 heavy (non-hydrogen) atoms. The largest absolute Gasteiger partial charge is 0.431 e. The quantitative estimate of drug-likeness (QED) is 0.739. The first-order valence-corrected chi connectivity index (χ1v) is 6.63. The van der Waals surface area contributed by atoms with Crippen LogP contribution in [0.15, 0.2) is 45.0 Å². The molecule has 2 aromatic heterocycles. The summed E-state index contributed by atoms with van der Waals surface area (Å²) in [5.41, 5.74) is 1.63. The normalized spacial score (nSPS) is 10.8. The topological polar surface area (TPSA) is 63.8 Å². The molecule has 96 valence electrons. The molecule has 1 N–H and O–H groups in total. The fourth-order valence-electron chi connectivity index (χ4n) is 1.70. The van der Waals surface area contributed by atoms with Gasteiger partial charge >= 0.3 is 0 Å². The van der Waals surface area contributed by atoms with E-state index in [9.17, 15) is 0 Å². The van der Waals surface area contributed by atoms with E-state index in [-0.39, 0.29) is 0 Å². The van der Waals surface area contributed by atoms with Crippen LogP contribution in [0.3, 0.4) is 0 Å². The highest BCUT2D eigenvalue weighted by Gasteiger charge is 2.09. The number of nitrogens with one attached hydrogen (secondary N) is 1. The number of rotatable bonds is 3. The zero-order valence-corrected chi connectivity index (χ0v) is 11.4. The Hall–Kier alpha value is -2.08. The monoisotopic (exact) mass is 272 g/mol. The van der Waals surface area contributed by atoms with Crippen molar-refractivity contribution in [1.29, 1.82) is 0 Å². The van der Waals surface area contributed by atoms with Gasteiger partial charge < -0.3 is 9.73 Å². The van der Waals surface area contributed by atoms with Gasteiger partial charge in [-0.2, -0.15) is 0 Å². The Morgan fingerprint density at radius 2 is 2.00 bits per heavy atom. The van der Waals surface area contributed by atoms with Crippen LogP contribution in [0.1, 0.15) is 5.82 Å². The third-order valence-corrected chi connectivity index (χ3v) is 3.30. The summed E-state index contributed by atoms with van der Waals surface area (Å²) < 4.78 is 5.66. The fraction of sp³-hybridized carbons (Fsp3) is 0.154. The van der Waals surface area contributed by atoms with Crippen LogP contribution < -0.4 is 5.32 Å². The highest BCUT2D eigenvalue weighted by Crippen LogP contribution is 2.29. The molecule has 0 aliphatic carbocycles. The molecule has 0 aliphatic heterocycles. The molecule has 0 spiro atoms. The summed E-state index contributed by atoms with van der Waals surface area (Å²) in [4.78, 5) is 13.0. The van der Waals surface area contributed by atoms with Crippen LogP contribution in [0.4, 0.5) is 5.82 Å². The zero-order chi connectivity index (χ0) is 13.2. The first-order chi connectivity index (χ1) is 9.24. The van der Waals surface area contributed by atoms with E-state index in [2.05, 4.69) is 20.3 Å². The van der Waals surface area contributed by atoms with E-state index >= 15 is 0 Å². The second-order valence-corrected chi connectivity index (χ2v) is 4.91. The number of nitrogens with zero attached hydrogens (tertiary/aromatic N) is 3. The smallest absolute Gasteiger partial charge is 0.263 e. The standard InChI is InChI=1S/C13H12N4OS/c1-8-15-11(14-2)7-12(16-8)19-13-17-9-5-3-4-6-10(9)18-13/h3-7H,1-2H3,(H,14,15,16). The van der Waals surface area contributed by atoms with Crippen LogP contribution in [-0.2, 0) is 0 Å². The molecule has 2 heterocycles. The van der Waals surface area contributed by atoms with Crippen LogP contribution in [0.2, 0.25) is 0 Å². The maximum atomic E-state index is 5.66. The molecule has 0 unspecified atom stereocenters. The lowest BCUT2D eigenvalue weighted by atomic mass is 10.3. The molecule has 1 aromatic carbocycles. The molecule has 0 amide bonds. The number of anilines is 1. The van der Waals surface area contributed by atoms with Gasteiger partial charge in [-0.15, -0.1) is 0 Å². The minimum atomic E-state index is 0.585. The molecule has 6 heteroatoms. The Kier molecular flexibility index (Phi) is 3.08. The Morgan fingerprint density at radius 1 is 1.16 bits per heavy atom. The van der Waals surface area contributed by atoms with Gasteiger partial charge in [0.05, 0.1) is 0 Å². The molecule has 0 atom stereocenters. The average molecular weight is 272 g/mol. The number of oxazole rings is 1. The molecular formula is C13H12N4OS. The molecule has 0 bridgehead atoms. The van der Waals surface area contributed by atoms with Crippen LogP contribution in [-0.4, -0.2) is 22.0 Å². The third-order valence-electron chi connectivity index (χ3n) is 2.54. The number of benzene rings is 1. The van der Waals surface area contributed by atoms with Crippen LogP contribution in [0, 0.1) is 6.92 Å². The second-order valence-electron chi connectivity index (χ2n) is 3.94. The summed E-state index contributed by atoms with van der Waals surface area (Å²) in [5.74, 6) is 1.50. The van der Waals surface area contributed by atoms with Crippen molar-refractivity contribution in [3.8, 4) is 0 Å². The minimum absolute atomic E-state index is 0.585. The number of aryl methyl sites for hydroxylation is 1. The molecule has 0 aliphatic rings. The van der Waals surface area contributed by atoms with Gasteiger partial charge in [0.15, 0.2) is 5.58 Å². The molecule has 5 nitrogen and oxygen atoms in total. The van der Waals surface area contributed by atoms with E-state index in [1.165, 1.54) is 11.8 Å². The van der Waals surface area contributed by atoms with Gasteiger partial charge in [-0.1, -0.05) is 12.1 Å². The van der Waals surface area contributed by atoms with Gasteiger partial charge in [0, 0.05) is 13.1 Å². The van der Waals surface area contributed by atoms with Crippen molar-refractivity contribution >= 4 is 28.7 Å². The summed E-state index contributed by atoms with van der Waals surface area (Å²) in [7, 11) is 1.83. The van der Waals surface area contributed by atoms with Gasteiger partial charge in [-0.3, -0.25) is 0 Å². The van der Waals surface area contributed by atoms with Gasteiger partial charge in [0.1, 0.15) is 22.2 Å². The third kappa shape index (κ3) is 2.53. The van der Waals surface area contributed by atoms with E-state index < -0.39 is 0 Å². The van der Waals surface area contributed by atoms with Crippen LogP contribution in [0.25, 0.3) is 11.1 Å².